The summed E-state index contributed by atoms with van der Waals surface area (Å²) < 4.78 is 15.6. The smallest absolute Gasteiger partial charge is 0.270 e. The molecule has 1 unspecified atom stereocenters. The second kappa shape index (κ2) is 9.05. The Kier molecular flexibility index (Phi) is 6.20. The van der Waals surface area contributed by atoms with Crippen LogP contribution in [0, 0.1) is 12.7 Å². The zero-order valence-electron chi connectivity index (χ0n) is 18.0. The van der Waals surface area contributed by atoms with Crippen molar-refractivity contribution < 1.29 is 19.4 Å². The van der Waals surface area contributed by atoms with E-state index in [4.69, 9.17) is 0 Å². The first-order valence-electron chi connectivity index (χ1n) is 10.5. The lowest BCUT2D eigenvalue weighted by Gasteiger charge is -2.29. The summed E-state index contributed by atoms with van der Waals surface area (Å²) in [6.45, 7) is 4.78. The van der Waals surface area contributed by atoms with Crippen molar-refractivity contribution in [3.8, 4) is 11.3 Å². The summed E-state index contributed by atoms with van der Waals surface area (Å²) in [4.78, 5) is 23.7. The van der Waals surface area contributed by atoms with Crippen LogP contribution in [0.3, 0.4) is 0 Å². The molecule has 1 aromatic carbocycles. The third-order valence-electron chi connectivity index (χ3n) is 5.61. The van der Waals surface area contributed by atoms with Gasteiger partial charge in [-0.3, -0.25) is 4.79 Å². The normalized spacial score (nSPS) is 14.4. The number of aromatic nitrogens is 3. The molecule has 2 aromatic heterocycles. The van der Waals surface area contributed by atoms with Crippen LogP contribution >= 0.6 is 0 Å². The van der Waals surface area contributed by atoms with E-state index in [0.717, 1.165) is 11.1 Å². The number of hydrogen-bond donors (Lipinski definition) is 3. The Labute approximate surface area is 185 Å². The lowest BCUT2D eigenvalue weighted by atomic mass is 10.1. The number of hydrogen-bond acceptors (Lipinski definition) is 6. The van der Waals surface area contributed by atoms with Gasteiger partial charge >= 0.3 is 0 Å². The molecule has 1 aliphatic heterocycles. The molecule has 0 spiro atoms. The second-order valence-corrected chi connectivity index (χ2v) is 8.06. The van der Waals surface area contributed by atoms with Gasteiger partial charge in [-0.2, -0.15) is 0 Å². The first-order chi connectivity index (χ1) is 15.4. The van der Waals surface area contributed by atoms with Crippen molar-refractivity contribution in [2.75, 3.05) is 18.5 Å². The van der Waals surface area contributed by atoms with Crippen LogP contribution in [0.2, 0.25) is 0 Å². The highest BCUT2D eigenvalue weighted by atomic mass is 19.1. The van der Waals surface area contributed by atoms with Gasteiger partial charge < -0.3 is 25.0 Å². The van der Waals surface area contributed by atoms with E-state index in [-0.39, 0.29) is 31.7 Å². The Bertz CT molecular complexity index is 1150. The minimum Gasteiger partial charge on any atom is -0.394 e. The number of nitrogens with zero attached hydrogens (tertiary/aromatic N) is 4. The fourth-order valence-corrected chi connectivity index (χ4v) is 3.82. The third kappa shape index (κ3) is 4.35. The second-order valence-electron chi connectivity index (χ2n) is 8.06. The number of amides is 1. The number of nitrogens with one attached hydrogen (secondary N) is 1. The van der Waals surface area contributed by atoms with Gasteiger partial charge in [-0.1, -0.05) is 6.07 Å². The van der Waals surface area contributed by atoms with E-state index in [9.17, 15) is 19.4 Å². The highest BCUT2D eigenvalue weighted by Crippen LogP contribution is 2.28. The van der Waals surface area contributed by atoms with Gasteiger partial charge in [-0.05, 0) is 48.7 Å². The first kappa shape index (κ1) is 21.9. The molecule has 8 nitrogen and oxygen atoms in total. The van der Waals surface area contributed by atoms with Crippen LogP contribution in [0.5, 0.6) is 0 Å². The van der Waals surface area contributed by atoms with Crippen LogP contribution < -0.4 is 5.32 Å². The van der Waals surface area contributed by atoms with Gasteiger partial charge in [0.05, 0.1) is 18.9 Å². The van der Waals surface area contributed by atoms with E-state index in [0.29, 0.717) is 41.6 Å². The zero-order valence-corrected chi connectivity index (χ0v) is 18.0. The predicted octanol–water partition coefficient (Wildman–Crippen LogP) is 2.33. The van der Waals surface area contributed by atoms with Crippen LogP contribution in [-0.2, 0) is 19.7 Å². The van der Waals surface area contributed by atoms with Gasteiger partial charge in [-0.25, -0.2) is 14.4 Å². The average Bonchev–Trinajstić information content (AvgIpc) is 3.22. The number of rotatable bonds is 7. The van der Waals surface area contributed by atoms with Crippen LogP contribution in [0.4, 0.5) is 10.3 Å². The SMILES string of the molecule is Cc1cnc(NC(C)CO)nc1-c1cc2n(c1)CCN(Cc1cc(F)ccc1CO)C2=O. The Balaban J connectivity index is 1.60. The Morgan fingerprint density at radius 3 is 2.78 bits per heavy atom. The minimum absolute atomic E-state index is 0.0409. The van der Waals surface area contributed by atoms with Crippen molar-refractivity contribution in [3.63, 3.8) is 0 Å². The maximum absolute atomic E-state index is 13.7. The number of benzene rings is 1. The van der Waals surface area contributed by atoms with Crippen LogP contribution in [0.1, 0.15) is 34.1 Å². The fraction of sp³-hybridized carbons (Fsp3) is 0.348. The maximum Gasteiger partial charge on any atom is 0.270 e. The van der Waals surface area contributed by atoms with E-state index in [2.05, 4.69) is 15.3 Å². The summed E-state index contributed by atoms with van der Waals surface area (Å²) in [6, 6.07) is 5.83. The number of aryl methyl sites for hydroxylation is 1. The van der Waals surface area contributed by atoms with Crippen LogP contribution in [-0.4, -0.2) is 54.7 Å². The predicted molar refractivity (Wildman–Crippen MR) is 117 cm³/mol. The van der Waals surface area contributed by atoms with Crippen molar-refractivity contribution in [2.45, 2.75) is 39.6 Å². The van der Waals surface area contributed by atoms with Gasteiger partial charge in [-0.15, -0.1) is 0 Å². The molecular weight excluding hydrogens is 413 g/mol. The number of anilines is 1. The number of carbonyl (C=O) groups is 1. The summed E-state index contributed by atoms with van der Waals surface area (Å²) >= 11 is 0. The molecule has 168 valence electrons. The number of carbonyl (C=O) groups excluding carboxylic acids is 1. The van der Waals surface area contributed by atoms with Crippen LogP contribution in [0.15, 0.2) is 36.7 Å². The molecule has 0 fully saturated rings. The quantitative estimate of drug-likeness (QED) is 0.522. The number of aliphatic hydroxyl groups is 2. The van der Waals surface area contributed by atoms with Gasteiger partial charge in [0.2, 0.25) is 5.95 Å². The summed E-state index contributed by atoms with van der Waals surface area (Å²) in [7, 11) is 0. The van der Waals surface area contributed by atoms with E-state index < -0.39 is 5.82 Å². The topological polar surface area (TPSA) is 104 Å². The summed E-state index contributed by atoms with van der Waals surface area (Å²) in [6.07, 6.45) is 3.61. The maximum atomic E-state index is 13.7. The van der Waals surface area contributed by atoms with E-state index in [1.54, 1.807) is 17.2 Å². The molecule has 0 saturated heterocycles. The van der Waals surface area contributed by atoms with E-state index >= 15 is 0 Å². The molecule has 1 amide bonds. The molecule has 0 saturated carbocycles. The molecule has 32 heavy (non-hydrogen) atoms. The minimum atomic E-state index is -0.397. The summed E-state index contributed by atoms with van der Waals surface area (Å²) in [5, 5.41) is 21.9. The van der Waals surface area contributed by atoms with E-state index in [1.165, 1.54) is 12.1 Å². The van der Waals surface area contributed by atoms with Crippen molar-refractivity contribution in [1.82, 2.24) is 19.4 Å². The standard InChI is InChI=1S/C23H26FN5O3/c1-14-9-25-23(26-15(2)12-30)27-21(14)18-8-20-22(32)29(6-5-28(20)11-18)10-17-7-19(24)4-3-16(17)13-31/h3-4,7-9,11,15,30-31H,5-6,10,12-13H2,1-2H3,(H,25,26,27). The molecule has 3 aromatic rings. The lowest BCUT2D eigenvalue weighted by Crippen LogP contribution is -2.39. The Morgan fingerprint density at radius 2 is 2.03 bits per heavy atom. The number of halogens is 1. The molecule has 1 aliphatic rings. The average molecular weight is 439 g/mol. The Hall–Kier alpha value is -3.30. The summed E-state index contributed by atoms with van der Waals surface area (Å²) in [5.74, 6) is -0.145. The van der Waals surface area contributed by atoms with Gasteiger partial charge in [0.15, 0.2) is 0 Å². The first-order valence-corrected chi connectivity index (χ1v) is 10.5. The molecule has 9 heteroatoms. The van der Waals surface area contributed by atoms with Crippen molar-refractivity contribution in [2.24, 2.45) is 0 Å². The van der Waals surface area contributed by atoms with Crippen molar-refractivity contribution in [3.05, 3.63) is 64.9 Å². The third-order valence-corrected chi connectivity index (χ3v) is 5.61. The highest BCUT2D eigenvalue weighted by Gasteiger charge is 2.27. The molecular formula is C23H26FN5O3. The highest BCUT2D eigenvalue weighted by molar-refractivity contribution is 5.95. The van der Waals surface area contributed by atoms with Crippen molar-refractivity contribution in [1.29, 1.82) is 0 Å². The monoisotopic (exact) mass is 439 g/mol. The molecule has 4 rings (SSSR count). The van der Waals surface area contributed by atoms with Gasteiger partial charge in [0.25, 0.3) is 5.91 Å². The fourth-order valence-electron chi connectivity index (χ4n) is 3.82. The largest absolute Gasteiger partial charge is 0.394 e. The Morgan fingerprint density at radius 1 is 1.22 bits per heavy atom. The molecule has 0 aliphatic carbocycles. The lowest BCUT2D eigenvalue weighted by molar-refractivity contribution is 0.0689. The molecule has 3 N–H and O–H groups in total. The molecule has 0 bridgehead atoms. The zero-order chi connectivity index (χ0) is 22.8. The molecule has 0 radical (unpaired) electrons. The molecule has 3 heterocycles. The number of fused-ring (bicyclic) bond motifs is 1. The molecule has 1 atom stereocenters. The van der Waals surface area contributed by atoms with Crippen molar-refractivity contribution >= 4 is 11.9 Å². The number of aliphatic hydroxyl groups excluding tert-OH is 2. The van der Waals surface area contributed by atoms with E-state index in [1.807, 2.05) is 30.7 Å². The van der Waals surface area contributed by atoms with Crippen LogP contribution in [0.25, 0.3) is 11.3 Å². The summed E-state index contributed by atoms with van der Waals surface area (Å²) in [5.41, 5.74) is 4.12. The van der Waals surface area contributed by atoms with Gasteiger partial charge in [0.1, 0.15) is 11.5 Å². The van der Waals surface area contributed by atoms with Gasteiger partial charge in [0, 0.05) is 43.6 Å².